The Morgan fingerprint density at radius 3 is 2.78 bits per heavy atom. The predicted molar refractivity (Wildman–Crippen MR) is 105 cm³/mol. The van der Waals surface area contributed by atoms with Crippen LogP contribution in [0, 0.1) is 5.92 Å². The van der Waals surface area contributed by atoms with Crippen molar-refractivity contribution in [3.05, 3.63) is 12.4 Å². The Hall–Kier alpha value is -1.48. The summed E-state index contributed by atoms with van der Waals surface area (Å²) in [4.78, 5) is 10.8. The smallest absolute Gasteiger partial charge is 0.131 e. The predicted octanol–water partition coefficient (Wildman–Crippen LogP) is 1.20. The van der Waals surface area contributed by atoms with Crippen LogP contribution in [0.3, 0.4) is 0 Å². The summed E-state index contributed by atoms with van der Waals surface area (Å²) in [6.07, 6.45) is 3.43. The van der Waals surface area contributed by atoms with Gasteiger partial charge in [0.05, 0.1) is 31.5 Å². The Labute approximate surface area is 161 Å². The van der Waals surface area contributed by atoms with E-state index < -0.39 is 6.10 Å². The summed E-state index contributed by atoms with van der Waals surface area (Å²) in [5.41, 5.74) is 0. The monoisotopic (exact) mass is 379 g/mol. The molecule has 0 amide bonds. The van der Waals surface area contributed by atoms with E-state index in [1.165, 1.54) is 0 Å². The number of nitrogens with zero attached hydrogens (tertiary/aromatic N) is 3. The molecule has 0 saturated carbocycles. The van der Waals surface area contributed by atoms with E-state index >= 15 is 0 Å². The van der Waals surface area contributed by atoms with E-state index in [0.29, 0.717) is 24.8 Å². The van der Waals surface area contributed by atoms with Gasteiger partial charge in [0.1, 0.15) is 18.0 Å². The minimum Gasteiger partial charge on any atom is -0.390 e. The van der Waals surface area contributed by atoms with Crippen molar-refractivity contribution >= 4 is 11.6 Å². The Bertz CT molecular complexity index is 568. The van der Waals surface area contributed by atoms with Crippen LogP contribution >= 0.6 is 0 Å². The molecule has 152 valence electrons. The summed E-state index contributed by atoms with van der Waals surface area (Å²) in [7, 11) is 0. The molecule has 0 radical (unpaired) electrons. The molecule has 3 N–H and O–H groups in total. The maximum atomic E-state index is 10.3. The van der Waals surface area contributed by atoms with Gasteiger partial charge in [0.15, 0.2) is 0 Å². The number of hydrogen-bond donors (Lipinski definition) is 3. The van der Waals surface area contributed by atoms with Crippen molar-refractivity contribution in [1.82, 2.24) is 14.9 Å². The lowest BCUT2D eigenvalue weighted by atomic mass is 9.94. The summed E-state index contributed by atoms with van der Waals surface area (Å²) in [5.74, 6) is 1.96. The van der Waals surface area contributed by atoms with E-state index in [1.54, 1.807) is 6.33 Å². The van der Waals surface area contributed by atoms with Gasteiger partial charge in [-0.1, -0.05) is 13.8 Å². The molecule has 0 aromatic carbocycles. The van der Waals surface area contributed by atoms with E-state index in [0.717, 1.165) is 51.6 Å². The van der Waals surface area contributed by atoms with Crippen molar-refractivity contribution in [2.24, 2.45) is 5.92 Å². The lowest BCUT2D eigenvalue weighted by molar-refractivity contribution is -0.0203. The third-order valence-electron chi connectivity index (χ3n) is 5.12. The van der Waals surface area contributed by atoms with E-state index in [-0.39, 0.29) is 12.1 Å². The van der Waals surface area contributed by atoms with Crippen molar-refractivity contribution in [3.63, 3.8) is 0 Å². The number of aliphatic hydroxyl groups excluding tert-OH is 1. The molecule has 3 atom stereocenters. The third-order valence-corrected chi connectivity index (χ3v) is 5.12. The zero-order valence-corrected chi connectivity index (χ0v) is 16.4. The second-order valence-electron chi connectivity index (χ2n) is 7.71. The van der Waals surface area contributed by atoms with Gasteiger partial charge in [-0.05, 0) is 18.8 Å². The molecule has 3 heterocycles. The number of anilines is 2. The Kier molecular flexibility index (Phi) is 7.63. The van der Waals surface area contributed by atoms with Crippen molar-refractivity contribution in [2.75, 3.05) is 56.6 Å². The third kappa shape index (κ3) is 6.27. The fraction of sp³-hybridized carbons (Fsp3) is 0.789. The van der Waals surface area contributed by atoms with Crippen molar-refractivity contribution in [2.45, 2.75) is 44.9 Å². The fourth-order valence-corrected chi connectivity index (χ4v) is 3.71. The Morgan fingerprint density at radius 1 is 1.22 bits per heavy atom. The highest BCUT2D eigenvalue weighted by atomic mass is 16.5. The first-order valence-electron chi connectivity index (χ1n) is 10.0. The van der Waals surface area contributed by atoms with Crippen LogP contribution in [0.5, 0.6) is 0 Å². The molecule has 2 saturated heterocycles. The number of ether oxygens (including phenoxy) is 2. The molecule has 3 rings (SSSR count). The van der Waals surface area contributed by atoms with Gasteiger partial charge in [0, 0.05) is 38.9 Å². The summed E-state index contributed by atoms with van der Waals surface area (Å²) < 4.78 is 11.3. The normalized spacial score (nSPS) is 25.3. The largest absolute Gasteiger partial charge is 0.390 e. The topological polar surface area (TPSA) is 91.8 Å². The summed E-state index contributed by atoms with van der Waals surface area (Å²) >= 11 is 0. The van der Waals surface area contributed by atoms with Crippen LogP contribution in [0.2, 0.25) is 0 Å². The van der Waals surface area contributed by atoms with Gasteiger partial charge in [-0.3, -0.25) is 4.90 Å². The summed E-state index contributed by atoms with van der Waals surface area (Å²) in [6.45, 7) is 9.53. The number of β-amino-alcohol motifs (C(OH)–C–C–N with tert-alkyl or cyclic N) is 1. The molecule has 2 aliphatic rings. The summed E-state index contributed by atoms with van der Waals surface area (Å²) in [6, 6.07) is 2.15. The van der Waals surface area contributed by atoms with Crippen LogP contribution < -0.4 is 10.6 Å². The van der Waals surface area contributed by atoms with Gasteiger partial charge >= 0.3 is 0 Å². The molecule has 2 fully saturated rings. The molecule has 1 aromatic rings. The van der Waals surface area contributed by atoms with Crippen LogP contribution in [0.25, 0.3) is 0 Å². The molecule has 2 aliphatic heterocycles. The van der Waals surface area contributed by atoms with Crippen molar-refractivity contribution in [1.29, 1.82) is 0 Å². The molecular formula is C19H33N5O3. The second-order valence-corrected chi connectivity index (χ2v) is 7.71. The minimum atomic E-state index is -0.452. The molecule has 27 heavy (non-hydrogen) atoms. The lowest BCUT2D eigenvalue weighted by Gasteiger charge is -2.35. The zero-order chi connectivity index (χ0) is 19.1. The summed E-state index contributed by atoms with van der Waals surface area (Å²) in [5, 5.41) is 17.0. The second kappa shape index (κ2) is 10.2. The molecule has 0 bridgehead atoms. The van der Waals surface area contributed by atoms with Gasteiger partial charge in [-0.25, -0.2) is 9.97 Å². The first-order chi connectivity index (χ1) is 13.1. The molecule has 0 spiro atoms. The number of morpholine rings is 1. The van der Waals surface area contributed by atoms with Gasteiger partial charge in [-0.2, -0.15) is 0 Å². The van der Waals surface area contributed by atoms with Crippen LogP contribution in [0.1, 0.15) is 26.7 Å². The van der Waals surface area contributed by atoms with Crippen LogP contribution in [0.4, 0.5) is 11.6 Å². The molecule has 8 nitrogen and oxygen atoms in total. The average molecular weight is 380 g/mol. The van der Waals surface area contributed by atoms with E-state index in [1.807, 2.05) is 6.07 Å². The molecule has 0 unspecified atom stereocenters. The highest BCUT2D eigenvalue weighted by Gasteiger charge is 2.28. The van der Waals surface area contributed by atoms with Crippen LogP contribution in [-0.4, -0.2) is 84.2 Å². The number of hydrogen-bond acceptors (Lipinski definition) is 8. The SMILES string of the molecule is CC(C)[C@@H]1OCCC[C@H]1Nc1cc(NC[C@H](O)CN2CCOCC2)ncn1. The Balaban J connectivity index is 1.49. The number of rotatable bonds is 8. The first kappa shape index (κ1) is 20.3. The molecular weight excluding hydrogens is 346 g/mol. The lowest BCUT2D eigenvalue weighted by Crippen LogP contribution is -2.43. The highest BCUT2D eigenvalue weighted by molar-refractivity contribution is 5.47. The van der Waals surface area contributed by atoms with Crippen LogP contribution in [0.15, 0.2) is 12.4 Å². The standard InChI is InChI=1S/C19H33N5O3/c1-14(2)19-16(4-3-7-27-19)23-18-10-17(21-13-22-18)20-11-15(25)12-24-5-8-26-9-6-24/h10,13-16,19,25H,3-9,11-12H2,1-2H3,(H2,20,21,22,23)/t15-,16+,19-/m0/s1. The quantitative estimate of drug-likeness (QED) is 0.621. The van der Waals surface area contributed by atoms with Gasteiger partial charge < -0.3 is 25.2 Å². The Morgan fingerprint density at radius 2 is 2.00 bits per heavy atom. The highest BCUT2D eigenvalue weighted by Crippen LogP contribution is 2.23. The first-order valence-corrected chi connectivity index (χ1v) is 10.0. The maximum absolute atomic E-state index is 10.3. The van der Waals surface area contributed by atoms with E-state index in [9.17, 15) is 5.11 Å². The van der Waals surface area contributed by atoms with Gasteiger partial charge in [-0.15, -0.1) is 0 Å². The molecule has 8 heteroatoms. The average Bonchev–Trinajstić information content (AvgIpc) is 2.68. The van der Waals surface area contributed by atoms with Gasteiger partial charge in [0.25, 0.3) is 0 Å². The molecule has 0 aliphatic carbocycles. The van der Waals surface area contributed by atoms with Crippen molar-refractivity contribution in [3.8, 4) is 0 Å². The zero-order valence-electron chi connectivity index (χ0n) is 16.4. The number of nitrogens with one attached hydrogen (secondary N) is 2. The van der Waals surface area contributed by atoms with E-state index in [4.69, 9.17) is 9.47 Å². The van der Waals surface area contributed by atoms with Crippen LogP contribution in [-0.2, 0) is 9.47 Å². The van der Waals surface area contributed by atoms with Gasteiger partial charge in [0.2, 0.25) is 0 Å². The van der Waals surface area contributed by atoms with E-state index in [2.05, 4.69) is 39.3 Å². The minimum absolute atomic E-state index is 0.195. The number of aromatic nitrogens is 2. The number of aliphatic hydroxyl groups is 1. The van der Waals surface area contributed by atoms with Crippen molar-refractivity contribution < 1.29 is 14.6 Å². The maximum Gasteiger partial charge on any atom is 0.131 e. The fourth-order valence-electron chi connectivity index (χ4n) is 3.71. The molecule has 1 aromatic heterocycles.